The van der Waals surface area contributed by atoms with E-state index >= 15 is 0 Å². The number of benzene rings is 2. The number of fused-ring (bicyclic) bond motifs is 1. The summed E-state index contributed by atoms with van der Waals surface area (Å²) in [5.74, 6) is 0.423. The molecule has 0 aliphatic heterocycles. The molecule has 0 unspecified atom stereocenters. The van der Waals surface area contributed by atoms with Crippen LogP contribution in [0.25, 0.3) is 10.9 Å². The van der Waals surface area contributed by atoms with Crippen LogP contribution in [-0.2, 0) is 0 Å². The van der Waals surface area contributed by atoms with Crippen molar-refractivity contribution in [3.05, 3.63) is 64.7 Å². The van der Waals surface area contributed by atoms with Crippen molar-refractivity contribution in [2.24, 2.45) is 0 Å². The Hall–Kier alpha value is -2.34. The molecule has 136 valence electrons. The van der Waals surface area contributed by atoms with E-state index in [1.165, 1.54) is 17.8 Å². The molecule has 0 aliphatic rings. The van der Waals surface area contributed by atoms with Crippen molar-refractivity contribution in [2.45, 2.75) is 31.5 Å². The fraction of sp³-hybridized carbons (Fsp3) is 0.300. The summed E-state index contributed by atoms with van der Waals surface area (Å²) in [6.07, 6.45) is 0.833. The van der Waals surface area contributed by atoms with Gasteiger partial charge in [0.2, 0.25) is 0 Å². The Kier molecular flexibility index (Phi) is 5.93. The normalized spacial score (nSPS) is 12.3. The highest BCUT2D eigenvalue weighted by Crippen LogP contribution is 2.23. The molecule has 0 bridgehead atoms. The Bertz CT molecular complexity index is 958. The zero-order valence-electron chi connectivity index (χ0n) is 14.8. The average Bonchev–Trinajstić information content (AvgIpc) is 2.66. The van der Waals surface area contributed by atoms with Gasteiger partial charge in [-0.1, -0.05) is 43.0 Å². The van der Waals surface area contributed by atoms with Crippen LogP contribution >= 0.6 is 11.8 Å². The first-order valence-electron chi connectivity index (χ1n) is 8.63. The van der Waals surface area contributed by atoms with E-state index in [-0.39, 0.29) is 23.2 Å². The van der Waals surface area contributed by atoms with Crippen molar-refractivity contribution in [3.8, 4) is 5.75 Å². The van der Waals surface area contributed by atoms with Crippen LogP contribution in [0.3, 0.4) is 0 Å². The van der Waals surface area contributed by atoms with E-state index in [0.29, 0.717) is 28.4 Å². The number of hydrogen-bond donors (Lipinski definition) is 0. The predicted molar refractivity (Wildman–Crippen MR) is 104 cm³/mol. The number of hydrogen-bond acceptors (Lipinski definition) is 4. The maximum Gasteiger partial charge on any atom is 0.262 e. The fourth-order valence-electron chi connectivity index (χ4n) is 2.64. The Morgan fingerprint density at radius 2 is 1.92 bits per heavy atom. The maximum absolute atomic E-state index is 13.6. The molecule has 1 aromatic heterocycles. The number of rotatable bonds is 7. The minimum atomic E-state index is -0.377. The fourth-order valence-corrected chi connectivity index (χ4v) is 3.56. The molecule has 0 amide bonds. The molecule has 26 heavy (non-hydrogen) atoms. The maximum atomic E-state index is 13.6. The van der Waals surface area contributed by atoms with E-state index in [1.54, 1.807) is 28.8 Å². The lowest BCUT2D eigenvalue weighted by atomic mass is 10.2. The lowest BCUT2D eigenvalue weighted by Crippen LogP contribution is -2.26. The first-order valence-corrected chi connectivity index (χ1v) is 9.61. The van der Waals surface area contributed by atoms with Crippen molar-refractivity contribution in [1.82, 2.24) is 9.55 Å². The van der Waals surface area contributed by atoms with Crippen LogP contribution in [0.4, 0.5) is 4.39 Å². The molecule has 4 nitrogen and oxygen atoms in total. The molecule has 0 saturated carbocycles. The van der Waals surface area contributed by atoms with Crippen LogP contribution in [0.2, 0.25) is 0 Å². The van der Waals surface area contributed by atoms with Crippen LogP contribution in [0, 0.1) is 5.82 Å². The van der Waals surface area contributed by atoms with Crippen molar-refractivity contribution in [2.75, 3.05) is 12.4 Å². The van der Waals surface area contributed by atoms with Gasteiger partial charge >= 0.3 is 0 Å². The number of aromatic nitrogens is 2. The second kappa shape index (κ2) is 8.36. The first kappa shape index (κ1) is 18.5. The Morgan fingerprint density at radius 3 is 2.69 bits per heavy atom. The average molecular weight is 372 g/mol. The Morgan fingerprint density at radius 1 is 1.19 bits per heavy atom. The number of para-hydroxylation sites is 2. The largest absolute Gasteiger partial charge is 0.490 e. The molecule has 3 aromatic rings. The monoisotopic (exact) mass is 372 g/mol. The van der Waals surface area contributed by atoms with Gasteiger partial charge in [0, 0.05) is 11.8 Å². The van der Waals surface area contributed by atoms with E-state index in [1.807, 2.05) is 32.0 Å². The molecule has 0 spiro atoms. The summed E-state index contributed by atoms with van der Waals surface area (Å²) in [5, 5.41) is 1.29. The van der Waals surface area contributed by atoms with E-state index in [0.717, 1.165) is 6.42 Å². The smallest absolute Gasteiger partial charge is 0.262 e. The van der Waals surface area contributed by atoms with Gasteiger partial charge in [-0.2, -0.15) is 0 Å². The summed E-state index contributed by atoms with van der Waals surface area (Å²) < 4.78 is 20.8. The van der Waals surface area contributed by atoms with Gasteiger partial charge in [0.15, 0.2) is 16.7 Å². The molecular formula is C20H21FN2O2S. The summed E-state index contributed by atoms with van der Waals surface area (Å²) in [6, 6.07) is 13.8. The van der Waals surface area contributed by atoms with Crippen LogP contribution in [0.1, 0.15) is 26.3 Å². The van der Waals surface area contributed by atoms with Gasteiger partial charge in [0.25, 0.3) is 5.56 Å². The highest BCUT2D eigenvalue weighted by atomic mass is 32.2. The number of ether oxygens (including phenoxy) is 1. The van der Waals surface area contributed by atoms with E-state index in [4.69, 9.17) is 4.74 Å². The molecule has 1 atom stereocenters. The van der Waals surface area contributed by atoms with Crippen molar-refractivity contribution >= 4 is 22.7 Å². The summed E-state index contributed by atoms with van der Waals surface area (Å²) in [5.41, 5.74) is 0.664. The standard InChI is InChI=1S/C20H21FN2O2S/c1-3-14(2)23-19(24)15-8-4-6-10-17(15)22-20(23)26-13-12-25-18-11-7-5-9-16(18)21/h4-11,14H,3,12-13H2,1-2H3/t14-/m1/s1. The van der Waals surface area contributed by atoms with Crippen molar-refractivity contribution in [3.63, 3.8) is 0 Å². The third kappa shape index (κ3) is 3.90. The zero-order valence-corrected chi connectivity index (χ0v) is 15.6. The lowest BCUT2D eigenvalue weighted by molar-refractivity contribution is 0.324. The minimum absolute atomic E-state index is 0.0255. The van der Waals surface area contributed by atoms with Gasteiger partial charge in [-0.25, -0.2) is 9.37 Å². The van der Waals surface area contributed by atoms with Crippen LogP contribution in [-0.4, -0.2) is 21.9 Å². The van der Waals surface area contributed by atoms with Crippen LogP contribution in [0.5, 0.6) is 5.75 Å². The van der Waals surface area contributed by atoms with Crippen LogP contribution in [0.15, 0.2) is 58.5 Å². The van der Waals surface area contributed by atoms with E-state index < -0.39 is 0 Å². The molecule has 3 rings (SSSR count). The number of nitrogens with zero attached hydrogens (tertiary/aromatic N) is 2. The quantitative estimate of drug-likeness (QED) is 0.343. The number of thioether (sulfide) groups is 1. The summed E-state index contributed by atoms with van der Waals surface area (Å²) >= 11 is 1.45. The summed E-state index contributed by atoms with van der Waals surface area (Å²) in [7, 11) is 0. The van der Waals surface area contributed by atoms with Gasteiger partial charge in [0.05, 0.1) is 17.5 Å². The number of halogens is 1. The van der Waals surface area contributed by atoms with Gasteiger partial charge < -0.3 is 4.74 Å². The molecule has 6 heteroatoms. The van der Waals surface area contributed by atoms with Gasteiger partial charge in [-0.3, -0.25) is 9.36 Å². The molecule has 1 heterocycles. The SMILES string of the molecule is CC[C@@H](C)n1c(SCCOc2ccccc2F)nc2ccccc2c1=O. The second-order valence-corrected chi connectivity index (χ2v) is 7.03. The minimum Gasteiger partial charge on any atom is -0.490 e. The molecule has 2 aromatic carbocycles. The third-order valence-corrected chi connectivity index (χ3v) is 5.13. The van der Waals surface area contributed by atoms with Crippen LogP contribution < -0.4 is 10.3 Å². The Labute approximate surface area is 156 Å². The molecule has 0 saturated heterocycles. The predicted octanol–water partition coefficient (Wildman–Crippen LogP) is 4.68. The Balaban J connectivity index is 1.80. The van der Waals surface area contributed by atoms with Crippen molar-refractivity contribution in [1.29, 1.82) is 0 Å². The van der Waals surface area contributed by atoms with Gasteiger partial charge in [-0.05, 0) is 37.6 Å². The molecular weight excluding hydrogens is 351 g/mol. The van der Waals surface area contributed by atoms with E-state index in [9.17, 15) is 9.18 Å². The first-order chi connectivity index (χ1) is 12.6. The van der Waals surface area contributed by atoms with Gasteiger partial charge in [-0.15, -0.1) is 0 Å². The highest BCUT2D eigenvalue weighted by Gasteiger charge is 2.15. The van der Waals surface area contributed by atoms with Gasteiger partial charge in [0.1, 0.15) is 0 Å². The molecule has 0 N–H and O–H groups in total. The molecule has 0 fully saturated rings. The lowest BCUT2D eigenvalue weighted by Gasteiger charge is -2.18. The molecule has 0 radical (unpaired) electrons. The van der Waals surface area contributed by atoms with Crippen molar-refractivity contribution < 1.29 is 9.13 Å². The topological polar surface area (TPSA) is 44.1 Å². The third-order valence-electron chi connectivity index (χ3n) is 4.22. The molecule has 0 aliphatic carbocycles. The summed E-state index contributed by atoms with van der Waals surface area (Å²) in [4.78, 5) is 17.5. The van der Waals surface area contributed by atoms with E-state index in [2.05, 4.69) is 4.98 Å². The zero-order chi connectivity index (χ0) is 18.5. The second-order valence-electron chi connectivity index (χ2n) is 5.97. The highest BCUT2D eigenvalue weighted by molar-refractivity contribution is 7.99. The summed E-state index contributed by atoms with van der Waals surface area (Å²) in [6.45, 7) is 4.38.